The first-order chi connectivity index (χ1) is 15.6. The van der Waals surface area contributed by atoms with E-state index in [9.17, 15) is 9.59 Å². The molecule has 1 aliphatic rings. The standard InChI is InChI=1S/C24H19N5O2S/c1-15-10-12-32-21(15)23(30)28-20-9-8-16(13-26-20)24(31)29-14-17-5-4-11-25-22(17)27-18-6-2-3-7-19(18)29/h2-13H,14H2,1H3,(H,25,27)(H,26,28,30). The highest BCUT2D eigenvalue weighted by Gasteiger charge is 2.25. The number of hydrogen-bond acceptors (Lipinski definition) is 6. The summed E-state index contributed by atoms with van der Waals surface area (Å²) in [7, 11) is 0. The number of aryl methyl sites for hydroxylation is 1. The molecule has 0 atom stereocenters. The van der Waals surface area contributed by atoms with Crippen LogP contribution in [0.3, 0.4) is 0 Å². The third-order valence-electron chi connectivity index (χ3n) is 5.23. The van der Waals surface area contributed by atoms with Crippen molar-refractivity contribution in [1.82, 2.24) is 9.97 Å². The summed E-state index contributed by atoms with van der Waals surface area (Å²) < 4.78 is 0. The van der Waals surface area contributed by atoms with Gasteiger partial charge in [-0.05, 0) is 54.3 Å². The Labute approximate surface area is 188 Å². The number of aromatic nitrogens is 2. The summed E-state index contributed by atoms with van der Waals surface area (Å²) in [6.45, 7) is 2.27. The molecule has 0 unspecified atom stereocenters. The summed E-state index contributed by atoms with van der Waals surface area (Å²) >= 11 is 1.38. The van der Waals surface area contributed by atoms with Crippen molar-refractivity contribution in [2.24, 2.45) is 0 Å². The maximum absolute atomic E-state index is 13.4. The quantitative estimate of drug-likeness (QED) is 0.467. The fraction of sp³-hybridized carbons (Fsp3) is 0.0833. The Morgan fingerprint density at radius 2 is 1.94 bits per heavy atom. The van der Waals surface area contributed by atoms with Crippen LogP contribution < -0.4 is 15.5 Å². The third kappa shape index (κ3) is 3.72. The van der Waals surface area contributed by atoms with Crippen molar-refractivity contribution in [2.45, 2.75) is 13.5 Å². The molecule has 5 rings (SSSR count). The monoisotopic (exact) mass is 441 g/mol. The number of thiophene rings is 1. The number of carbonyl (C=O) groups excluding carboxylic acids is 2. The fourth-order valence-corrected chi connectivity index (χ4v) is 4.41. The lowest BCUT2D eigenvalue weighted by Gasteiger charge is -2.22. The van der Waals surface area contributed by atoms with Crippen LogP contribution >= 0.6 is 11.3 Å². The molecule has 32 heavy (non-hydrogen) atoms. The molecule has 0 bridgehead atoms. The Kier molecular flexibility index (Phi) is 5.12. The second-order valence-electron chi connectivity index (χ2n) is 7.36. The van der Waals surface area contributed by atoms with Crippen LogP contribution in [0.5, 0.6) is 0 Å². The van der Waals surface area contributed by atoms with Gasteiger partial charge in [0.1, 0.15) is 11.6 Å². The normalized spacial score (nSPS) is 12.2. The first kappa shape index (κ1) is 19.9. The van der Waals surface area contributed by atoms with Gasteiger partial charge in [0.25, 0.3) is 11.8 Å². The molecule has 158 valence electrons. The van der Waals surface area contributed by atoms with Gasteiger partial charge in [-0.1, -0.05) is 18.2 Å². The number of pyridine rings is 2. The van der Waals surface area contributed by atoms with E-state index in [4.69, 9.17) is 0 Å². The zero-order valence-corrected chi connectivity index (χ0v) is 18.0. The topological polar surface area (TPSA) is 87.2 Å². The molecule has 0 spiro atoms. The van der Waals surface area contributed by atoms with Gasteiger partial charge in [-0.15, -0.1) is 11.3 Å². The lowest BCUT2D eigenvalue weighted by atomic mass is 10.1. The molecule has 1 aliphatic heterocycles. The van der Waals surface area contributed by atoms with Crippen LogP contribution in [-0.4, -0.2) is 21.8 Å². The van der Waals surface area contributed by atoms with Crippen molar-refractivity contribution < 1.29 is 9.59 Å². The molecule has 0 fully saturated rings. The van der Waals surface area contributed by atoms with Gasteiger partial charge < -0.3 is 15.5 Å². The molecule has 4 heterocycles. The average molecular weight is 442 g/mol. The molecule has 0 saturated heterocycles. The number of carbonyl (C=O) groups is 2. The second-order valence-corrected chi connectivity index (χ2v) is 8.28. The number of nitrogens with one attached hydrogen (secondary N) is 2. The minimum Gasteiger partial charge on any atom is -0.338 e. The van der Waals surface area contributed by atoms with Gasteiger partial charge in [-0.2, -0.15) is 0 Å². The summed E-state index contributed by atoms with van der Waals surface area (Å²) in [5.74, 6) is 0.735. The maximum Gasteiger partial charge on any atom is 0.267 e. The number of para-hydroxylation sites is 2. The Balaban J connectivity index is 1.41. The van der Waals surface area contributed by atoms with Crippen LogP contribution in [0.4, 0.5) is 23.0 Å². The second kappa shape index (κ2) is 8.24. The molecule has 2 N–H and O–H groups in total. The van der Waals surface area contributed by atoms with Crippen LogP contribution in [0, 0.1) is 6.92 Å². The number of amides is 2. The minimum atomic E-state index is -0.208. The summed E-state index contributed by atoms with van der Waals surface area (Å²) in [4.78, 5) is 36.9. The number of fused-ring (bicyclic) bond motifs is 2. The highest BCUT2D eigenvalue weighted by Crippen LogP contribution is 2.35. The third-order valence-corrected chi connectivity index (χ3v) is 6.25. The Hall–Kier alpha value is -4.04. The van der Waals surface area contributed by atoms with E-state index in [1.165, 1.54) is 17.5 Å². The van der Waals surface area contributed by atoms with Crippen LogP contribution in [0.2, 0.25) is 0 Å². The summed E-state index contributed by atoms with van der Waals surface area (Å²) in [5, 5.41) is 7.98. The maximum atomic E-state index is 13.4. The Morgan fingerprint density at radius 1 is 1.06 bits per heavy atom. The van der Waals surface area contributed by atoms with Crippen LogP contribution in [0.25, 0.3) is 0 Å². The Bertz CT molecular complexity index is 1320. The predicted octanol–water partition coefficient (Wildman–Crippen LogP) is 5.00. The number of benzene rings is 1. The zero-order valence-electron chi connectivity index (χ0n) is 17.2. The lowest BCUT2D eigenvalue weighted by molar-refractivity contribution is 0.0984. The van der Waals surface area contributed by atoms with Crippen LogP contribution in [0.1, 0.15) is 31.2 Å². The van der Waals surface area contributed by atoms with E-state index in [1.807, 2.05) is 54.8 Å². The highest BCUT2D eigenvalue weighted by atomic mass is 32.1. The van der Waals surface area contributed by atoms with Crippen molar-refractivity contribution in [3.8, 4) is 0 Å². The van der Waals surface area contributed by atoms with Gasteiger partial charge >= 0.3 is 0 Å². The van der Waals surface area contributed by atoms with Crippen molar-refractivity contribution in [2.75, 3.05) is 15.5 Å². The van der Waals surface area contributed by atoms with Gasteiger partial charge in [-0.25, -0.2) is 9.97 Å². The molecule has 0 radical (unpaired) electrons. The van der Waals surface area contributed by atoms with Gasteiger partial charge in [-0.3, -0.25) is 9.59 Å². The first-order valence-corrected chi connectivity index (χ1v) is 10.9. The van der Waals surface area contributed by atoms with Crippen molar-refractivity contribution >= 4 is 46.2 Å². The van der Waals surface area contributed by atoms with Crippen molar-refractivity contribution in [1.29, 1.82) is 0 Å². The molecule has 0 aliphatic carbocycles. The van der Waals surface area contributed by atoms with E-state index in [2.05, 4.69) is 20.6 Å². The van der Waals surface area contributed by atoms with Gasteiger partial charge in [0.15, 0.2) is 0 Å². The molecule has 7 nitrogen and oxygen atoms in total. The molecule has 0 saturated carbocycles. The molecule has 8 heteroatoms. The minimum absolute atomic E-state index is 0.185. The zero-order chi connectivity index (χ0) is 22.1. The number of anilines is 4. The summed E-state index contributed by atoms with van der Waals surface area (Å²) in [6.07, 6.45) is 3.21. The van der Waals surface area contributed by atoms with E-state index < -0.39 is 0 Å². The average Bonchev–Trinajstić information content (AvgIpc) is 3.17. The van der Waals surface area contributed by atoms with Gasteiger partial charge in [0.2, 0.25) is 0 Å². The molecular formula is C24H19N5O2S. The fourth-order valence-electron chi connectivity index (χ4n) is 3.59. The highest BCUT2D eigenvalue weighted by molar-refractivity contribution is 7.12. The summed E-state index contributed by atoms with van der Waals surface area (Å²) in [6, 6.07) is 16.7. The van der Waals surface area contributed by atoms with Crippen LogP contribution in [-0.2, 0) is 6.54 Å². The molecule has 1 aromatic carbocycles. The van der Waals surface area contributed by atoms with Crippen molar-refractivity contribution in [3.63, 3.8) is 0 Å². The van der Waals surface area contributed by atoms with E-state index >= 15 is 0 Å². The van der Waals surface area contributed by atoms with E-state index in [-0.39, 0.29) is 11.8 Å². The lowest BCUT2D eigenvalue weighted by Crippen LogP contribution is -2.30. The van der Waals surface area contributed by atoms with E-state index in [0.29, 0.717) is 22.8 Å². The number of hydrogen-bond donors (Lipinski definition) is 2. The Morgan fingerprint density at radius 3 is 2.72 bits per heavy atom. The smallest absolute Gasteiger partial charge is 0.267 e. The predicted molar refractivity (Wildman–Crippen MR) is 126 cm³/mol. The largest absolute Gasteiger partial charge is 0.338 e. The molecule has 3 aromatic heterocycles. The van der Waals surface area contributed by atoms with E-state index in [1.54, 1.807) is 23.2 Å². The SMILES string of the molecule is Cc1ccsc1C(=O)Nc1ccc(C(=O)N2Cc3cccnc3Nc3ccccc32)cn1. The van der Waals surface area contributed by atoms with E-state index in [0.717, 1.165) is 28.3 Å². The van der Waals surface area contributed by atoms with Crippen molar-refractivity contribution in [3.05, 3.63) is 93.9 Å². The van der Waals surface area contributed by atoms with Gasteiger partial charge in [0.05, 0.1) is 28.4 Å². The number of nitrogens with zero attached hydrogens (tertiary/aromatic N) is 3. The number of rotatable bonds is 3. The molecule has 4 aromatic rings. The molecule has 2 amide bonds. The van der Waals surface area contributed by atoms with Gasteiger partial charge in [0, 0.05) is 18.0 Å². The molecular weight excluding hydrogens is 422 g/mol. The van der Waals surface area contributed by atoms with Crippen LogP contribution in [0.15, 0.2) is 72.4 Å². The first-order valence-electron chi connectivity index (χ1n) is 10.0. The summed E-state index contributed by atoms with van der Waals surface area (Å²) in [5.41, 5.74) is 3.84.